The number of carbonyl (C=O) groups excluding carboxylic acids is 1. The second-order valence-corrected chi connectivity index (χ2v) is 6.51. The fraction of sp³-hybridized carbons (Fsp3) is 0.500. The zero-order valence-corrected chi connectivity index (χ0v) is 13.6. The van der Waals surface area contributed by atoms with Crippen molar-refractivity contribution in [3.63, 3.8) is 0 Å². The van der Waals surface area contributed by atoms with Gasteiger partial charge in [-0.05, 0) is 49.4 Å². The zero-order valence-electron chi connectivity index (χ0n) is 10.4. The molecule has 98 valence electrons. The Labute approximate surface area is 125 Å². The molecule has 1 aromatic rings. The van der Waals surface area contributed by atoms with Crippen LogP contribution in [0.3, 0.4) is 0 Å². The van der Waals surface area contributed by atoms with Gasteiger partial charge in [0.1, 0.15) is 0 Å². The van der Waals surface area contributed by atoms with E-state index >= 15 is 0 Å². The normalized spacial score (nSPS) is 23.1. The summed E-state index contributed by atoms with van der Waals surface area (Å²) in [5, 5.41) is 4.13. The number of amides is 1. The van der Waals surface area contributed by atoms with Crippen LogP contribution >= 0.6 is 31.9 Å². The third kappa shape index (κ3) is 3.35. The maximum Gasteiger partial charge on any atom is 0.251 e. The molecule has 0 heterocycles. The van der Waals surface area contributed by atoms with Gasteiger partial charge < -0.3 is 5.32 Å². The van der Waals surface area contributed by atoms with Gasteiger partial charge in [0, 0.05) is 21.4 Å². The quantitative estimate of drug-likeness (QED) is 0.794. The lowest BCUT2D eigenvalue weighted by Gasteiger charge is -2.19. The van der Waals surface area contributed by atoms with Crippen LogP contribution in [0.25, 0.3) is 0 Å². The number of hydrogen-bond acceptors (Lipinski definition) is 1. The molecule has 0 bridgehead atoms. The predicted octanol–water partition coefficient (Wildman–Crippen LogP) is 4.05. The second-order valence-electron chi connectivity index (χ2n) is 4.94. The Morgan fingerprint density at radius 2 is 2.17 bits per heavy atom. The van der Waals surface area contributed by atoms with Crippen LogP contribution in [-0.4, -0.2) is 17.3 Å². The van der Waals surface area contributed by atoms with Gasteiger partial charge in [-0.2, -0.15) is 0 Å². The highest BCUT2D eigenvalue weighted by atomic mass is 79.9. The highest BCUT2D eigenvalue weighted by Gasteiger charge is 2.27. The molecule has 1 fully saturated rings. The Kier molecular flexibility index (Phi) is 4.84. The summed E-state index contributed by atoms with van der Waals surface area (Å²) in [6.07, 6.45) is 3.50. The van der Waals surface area contributed by atoms with E-state index < -0.39 is 0 Å². The van der Waals surface area contributed by atoms with E-state index in [1.54, 1.807) is 0 Å². The van der Waals surface area contributed by atoms with Crippen molar-refractivity contribution in [2.75, 3.05) is 5.33 Å². The smallest absolute Gasteiger partial charge is 0.251 e. The summed E-state index contributed by atoms with van der Waals surface area (Å²) in [6, 6.07) is 6.13. The van der Waals surface area contributed by atoms with Gasteiger partial charge in [0.2, 0.25) is 0 Å². The van der Waals surface area contributed by atoms with Crippen LogP contribution in [0, 0.1) is 12.8 Å². The lowest BCUT2D eigenvalue weighted by Crippen LogP contribution is -2.37. The molecule has 1 aliphatic rings. The number of halogens is 2. The van der Waals surface area contributed by atoms with Crippen molar-refractivity contribution in [1.29, 1.82) is 0 Å². The Morgan fingerprint density at radius 1 is 1.39 bits per heavy atom. The Balaban J connectivity index is 2.07. The number of benzene rings is 1. The van der Waals surface area contributed by atoms with E-state index in [0.29, 0.717) is 12.0 Å². The van der Waals surface area contributed by atoms with Crippen LogP contribution in [0.5, 0.6) is 0 Å². The summed E-state index contributed by atoms with van der Waals surface area (Å²) in [7, 11) is 0. The summed E-state index contributed by atoms with van der Waals surface area (Å²) in [4.78, 5) is 12.2. The van der Waals surface area contributed by atoms with Crippen LogP contribution in [0.4, 0.5) is 0 Å². The van der Waals surface area contributed by atoms with Gasteiger partial charge in [0.15, 0.2) is 0 Å². The molecular weight excluding hydrogens is 358 g/mol. The van der Waals surface area contributed by atoms with Crippen LogP contribution in [0.15, 0.2) is 22.7 Å². The minimum Gasteiger partial charge on any atom is -0.349 e. The van der Waals surface area contributed by atoms with Crippen molar-refractivity contribution in [2.45, 2.75) is 32.2 Å². The molecule has 2 atom stereocenters. The molecule has 0 aliphatic heterocycles. The number of rotatable bonds is 3. The molecule has 0 saturated heterocycles. The Morgan fingerprint density at radius 3 is 2.83 bits per heavy atom. The Bertz CT molecular complexity index is 427. The van der Waals surface area contributed by atoms with E-state index in [4.69, 9.17) is 0 Å². The number of hydrogen-bond donors (Lipinski definition) is 1. The molecule has 0 spiro atoms. The number of alkyl halides is 1. The summed E-state index contributed by atoms with van der Waals surface area (Å²) in [6.45, 7) is 2.00. The molecule has 1 amide bonds. The minimum absolute atomic E-state index is 0.0391. The average Bonchev–Trinajstić information content (AvgIpc) is 2.75. The summed E-state index contributed by atoms with van der Waals surface area (Å²) >= 11 is 6.96. The second kappa shape index (κ2) is 6.20. The summed E-state index contributed by atoms with van der Waals surface area (Å²) in [5.74, 6) is 0.611. The van der Waals surface area contributed by atoms with Gasteiger partial charge in [-0.25, -0.2) is 0 Å². The third-order valence-corrected chi connectivity index (χ3v) is 4.77. The van der Waals surface area contributed by atoms with Crippen molar-refractivity contribution >= 4 is 37.8 Å². The molecule has 0 aromatic heterocycles. The fourth-order valence-corrected chi connectivity index (χ4v) is 3.91. The SMILES string of the molecule is Cc1cc(Br)cc(C(=O)NC2CCCC2CBr)c1. The van der Waals surface area contributed by atoms with Crippen molar-refractivity contribution in [3.05, 3.63) is 33.8 Å². The highest BCUT2D eigenvalue weighted by molar-refractivity contribution is 9.10. The lowest BCUT2D eigenvalue weighted by atomic mass is 10.1. The average molecular weight is 375 g/mol. The van der Waals surface area contributed by atoms with E-state index in [1.165, 1.54) is 12.8 Å². The Hall–Kier alpha value is -0.350. The topological polar surface area (TPSA) is 29.1 Å². The molecule has 1 aromatic carbocycles. The van der Waals surface area contributed by atoms with Crippen LogP contribution < -0.4 is 5.32 Å². The molecule has 4 heteroatoms. The fourth-order valence-electron chi connectivity index (χ4n) is 2.53. The maximum absolute atomic E-state index is 12.2. The van der Waals surface area contributed by atoms with Gasteiger partial charge in [-0.1, -0.05) is 38.3 Å². The molecule has 2 nitrogen and oxygen atoms in total. The van der Waals surface area contributed by atoms with Crippen molar-refractivity contribution in [1.82, 2.24) is 5.32 Å². The molecule has 1 aliphatic carbocycles. The largest absolute Gasteiger partial charge is 0.349 e. The lowest BCUT2D eigenvalue weighted by molar-refractivity contribution is 0.0930. The molecular formula is C14H17Br2NO. The monoisotopic (exact) mass is 373 g/mol. The maximum atomic E-state index is 12.2. The van der Waals surface area contributed by atoms with E-state index in [9.17, 15) is 4.79 Å². The third-order valence-electron chi connectivity index (χ3n) is 3.48. The van der Waals surface area contributed by atoms with Crippen LogP contribution in [0.2, 0.25) is 0 Å². The first-order valence-electron chi connectivity index (χ1n) is 6.24. The van der Waals surface area contributed by atoms with Crippen molar-refractivity contribution in [2.24, 2.45) is 5.92 Å². The number of carbonyl (C=O) groups is 1. The van der Waals surface area contributed by atoms with Gasteiger partial charge in [0.05, 0.1) is 0 Å². The molecule has 2 rings (SSSR count). The standard InChI is InChI=1S/C14H17Br2NO/c1-9-5-11(7-12(16)6-9)14(18)17-13-4-2-3-10(13)8-15/h5-7,10,13H,2-4,8H2,1H3,(H,17,18). The number of nitrogens with one attached hydrogen (secondary N) is 1. The molecule has 1 saturated carbocycles. The molecule has 2 unspecified atom stereocenters. The van der Waals surface area contributed by atoms with Crippen molar-refractivity contribution < 1.29 is 4.79 Å². The van der Waals surface area contributed by atoms with E-state index in [1.807, 2.05) is 25.1 Å². The van der Waals surface area contributed by atoms with Crippen LogP contribution in [0.1, 0.15) is 35.2 Å². The highest BCUT2D eigenvalue weighted by Crippen LogP contribution is 2.27. The van der Waals surface area contributed by atoms with Crippen LogP contribution in [-0.2, 0) is 0 Å². The van der Waals surface area contributed by atoms with E-state index in [0.717, 1.165) is 27.4 Å². The summed E-state index contributed by atoms with van der Waals surface area (Å²) in [5.41, 5.74) is 1.83. The minimum atomic E-state index is 0.0391. The predicted molar refractivity (Wildman–Crippen MR) is 81.3 cm³/mol. The van der Waals surface area contributed by atoms with E-state index in [-0.39, 0.29) is 5.91 Å². The molecule has 1 N–H and O–H groups in total. The molecule has 0 radical (unpaired) electrons. The summed E-state index contributed by atoms with van der Waals surface area (Å²) < 4.78 is 0.955. The van der Waals surface area contributed by atoms with Gasteiger partial charge >= 0.3 is 0 Å². The first kappa shape index (κ1) is 14.1. The van der Waals surface area contributed by atoms with Gasteiger partial charge in [0.25, 0.3) is 5.91 Å². The number of aryl methyl sites for hydroxylation is 1. The zero-order chi connectivity index (χ0) is 13.1. The van der Waals surface area contributed by atoms with E-state index in [2.05, 4.69) is 37.2 Å². The first-order valence-corrected chi connectivity index (χ1v) is 8.15. The van der Waals surface area contributed by atoms with Gasteiger partial charge in [-0.3, -0.25) is 4.79 Å². The molecule has 18 heavy (non-hydrogen) atoms. The van der Waals surface area contributed by atoms with Crippen molar-refractivity contribution in [3.8, 4) is 0 Å². The first-order chi connectivity index (χ1) is 8.60. The van der Waals surface area contributed by atoms with Gasteiger partial charge in [-0.15, -0.1) is 0 Å².